The second-order valence-corrected chi connectivity index (χ2v) is 8.58. The van der Waals surface area contributed by atoms with Crippen molar-refractivity contribution in [2.75, 3.05) is 9.96 Å². The predicted octanol–water partition coefficient (Wildman–Crippen LogP) is 5.20. The first kappa shape index (κ1) is 19.7. The Balaban J connectivity index is 1.51. The standard InChI is InChI=1S/C28H22N2O3/c1-18-9-7-14-21(17-18)29-27(31)24-25(23-16-8-11-19-10-5-6-15-22(19)23)30(33-26(24)28(29)32)20-12-3-2-4-13-20/h2-17,24-26H,1H3/t24-,25-,26+/m1/s1. The van der Waals surface area contributed by atoms with E-state index in [0.29, 0.717) is 5.69 Å². The van der Waals surface area contributed by atoms with Crippen molar-refractivity contribution in [2.45, 2.75) is 19.1 Å². The van der Waals surface area contributed by atoms with Crippen LogP contribution < -0.4 is 9.96 Å². The van der Waals surface area contributed by atoms with E-state index in [1.54, 1.807) is 11.1 Å². The molecule has 0 aliphatic carbocycles. The number of para-hydroxylation sites is 1. The van der Waals surface area contributed by atoms with Crippen LogP contribution in [0.2, 0.25) is 0 Å². The Morgan fingerprint density at radius 2 is 1.42 bits per heavy atom. The monoisotopic (exact) mass is 434 g/mol. The number of hydrogen-bond donors (Lipinski definition) is 0. The lowest BCUT2D eigenvalue weighted by molar-refractivity contribution is -0.126. The first-order valence-electron chi connectivity index (χ1n) is 11.1. The number of hydrogen-bond acceptors (Lipinski definition) is 4. The molecule has 3 atom stereocenters. The maximum atomic E-state index is 13.8. The predicted molar refractivity (Wildman–Crippen MR) is 128 cm³/mol. The van der Waals surface area contributed by atoms with Crippen LogP contribution in [0, 0.1) is 12.8 Å². The third-order valence-corrected chi connectivity index (χ3v) is 6.53. The molecule has 0 N–H and O–H groups in total. The molecular formula is C28H22N2O3. The van der Waals surface area contributed by atoms with Crippen molar-refractivity contribution in [1.82, 2.24) is 0 Å². The van der Waals surface area contributed by atoms with Crippen LogP contribution in [-0.4, -0.2) is 17.9 Å². The molecule has 0 spiro atoms. The molecule has 6 rings (SSSR count). The zero-order valence-corrected chi connectivity index (χ0v) is 18.1. The molecule has 0 unspecified atom stereocenters. The second kappa shape index (κ2) is 7.57. The summed E-state index contributed by atoms with van der Waals surface area (Å²) in [5, 5.41) is 3.88. The molecule has 5 heteroatoms. The molecular weight excluding hydrogens is 412 g/mol. The van der Waals surface area contributed by atoms with Gasteiger partial charge in [-0.2, -0.15) is 0 Å². The fraction of sp³-hybridized carbons (Fsp3) is 0.143. The summed E-state index contributed by atoms with van der Waals surface area (Å²) in [5.74, 6) is -1.20. The number of aryl methyl sites for hydroxylation is 1. The lowest BCUT2D eigenvalue weighted by Gasteiger charge is -2.29. The van der Waals surface area contributed by atoms with E-state index in [1.807, 2.05) is 79.7 Å². The zero-order valence-electron chi connectivity index (χ0n) is 18.1. The van der Waals surface area contributed by atoms with Crippen LogP contribution in [0.4, 0.5) is 11.4 Å². The Morgan fingerprint density at radius 1 is 0.727 bits per heavy atom. The summed E-state index contributed by atoms with van der Waals surface area (Å²) in [5.41, 5.74) is 3.36. The quantitative estimate of drug-likeness (QED) is 0.416. The van der Waals surface area contributed by atoms with Crippen LogP contribution in [0.25, 0.3) is 10.8 Å². The number of benzene rings is 4. The summed E-state index contributed by atoms with van der Waals surface area (Å²) in [7, 11) is 0. The Bertz CT molecular complexity index is 1380. The molecule has 0 bridgehead atoms. The van der Waals surface area contributed by atoms with E-state index < -0.39 is 18.1 Å². The van der Waals surface area contributed by atoms with Gasteiger partial charge in [0.2, 0.25) is 5.91 Å². The van der Waals surface area contributed by atoms with Gasteiger partial charge in [-0.1, -0.05) is 72.8 Å². The zero-order chi connectivity index (χ0) is 22.5. The molecule has 0 radical (unpaired) electrons. The van der Waals surface area contributed by atoms with Gasteiger partial charge < -0.3 is 0 Å². The van der Waals surface area contributed by atoms with Crippen LogP contribution in [0.15, 0.2) is 97.1 Å². The molecule has 0 saturated carbocycles. The van der Waals surface area contributed by atoms with Crippen molar-refractivity contribution in [3.05, 3.63) is 108 Å². The number of imide groups is 1. The molecule has 2 heterocycles. The molecule has 2 fully saturated rings. The van der Waals surface area contributed by atoms with E-state index in [0.717, 1.165) is 27.6 Å². The van der Waals surface area contributed by atoms with Crippen molar-refractivity contribution in [1.29, 1.82) is 0 Å². The molecule has 162 valence electrons. The van der Waals surface area contributed by atoms with Gasteiger partial charge in [-0.05, 0) is 53.1 Å². The third-order valence-electron chi connectivity index (χ3n) is 6.53. The Hall–Kier alpha value is -3.96. The van der Waals surface area contributed by atoms with E-state index in [4.69, 9.17) is 4.84 Å². The van der Waals surface area contributed by atoms with Crippen molar-refractivity contribution < 1.29 is 14.4 Å². The summed E-state index contributed by atoms with van der Waals surface area (Å²) >= 11 is 0. The highest BCUT2D eigenvalue weighted by molar-refractivity contribution is 6.24. The van der Waals surface area contributed by atoms with Crippen LogP contribution in [-0.2, 0) is 14.4 Å². The lowest BCUT2D eigenvalue weighted by atomic mass is 9.87. The number of fused-ring (bicyclic) bond motifs is 2. The fourth-order valence-corrected chi connectivity index (χ4v) is 5.06. The maximum absolute atomic E-state index is 13.8. The van der Waals surface area contributed by atoms with E-state index in [1.165, 1.54) is 4.90 Å². The molecule has 5 nitrogen and oxygen atoms in total. The van der Waals surface area contributed by atoms with Crippen molar-refractivity contribution in [3.63, 3.8) is 0 Å². The molecule has 0 aromatic heterocycles. The minimum absolute atomic E-state index is 0.230. The number of anilines is 2. The smallest absolute Gasteiger partial charge is 0.266 e. The minimum Gasteiger partial charge on any atom is -0.273 e. The molecule has 4 aromatic rings. The minimum atomic E-state index is -0.873. The summed E-state index contributed by atoms with van der Waals surface area (Å²) in [6, 6.07) is 30.9. The van der Waals surface area contributed by atoms with E-state index in [2.05, 4.69) is 18.2 Å². The van der Waals surface area contributed by atoms with Crippen LogP contribution in [0.5, 0.6) is 0 Å². The van der Waals surface area contributed by atoms with E-state index in [-0.39, 0.29) is 11.8 Å². The first-order valence-corrected chi connectivity index (χ1v) is 11.1. The van der Waals surface area contributed by atoms with Gasteiger partial charge in [0.15, 0.2) is 6.10 Å². The Labute approximate surface area is 191 Å². The Morgan fingerprint density at radius 3 is 2.24 bits per heavy atom. The largest absolute Gasteiger partial charge is 0.273 e. The molecule has 2 saturated heterocycles. The van der Waals surface area contributed by atoms with Gasteiger partial charge in [0.25, 0.3) is 5.91 Å². The van der Waals surface area contributed by atoms with Crippen LogP contribution in [0.1, 0.15) is 17.2 Å². The normalized spacial score (nSPS) is 22.3. The van der Waals surface area contributed by atoms with E-state index >= 15 is 0 Å². The topological polar surface area (TPSA) is 49.9 Å². The maximum Gasteiger partial charge on any atom is 0.266 e. The number of carbonyl (C=O) groups excluding carboxylic acids is 2. The SMILES string of the molecule is Cc1cccc(N2C(=O)[C@H]3[C@H](ON(c4ccccc4)[C@@H]3c3cccc4ccccc34)C2=O)c1. The summed E-state index contributed by atoms with van der Waals surface area (Å²) in [4.78, 5) is 34.9. The van der Waals surface area contributed by atoms with Gasteiger partial charge in [0.05, 0.1) is 17.4 Å². The molecule has 2 amide bonds. The number of carbonyl (C=O) groups is 2. The van der Waals surface area contributed by atoms with Crippen LogP contribution >= 0.6 is 0 Å². The molecule has 2 aliphatic heterocycles. The number of nitrogens with zero attached hydrogens (tertiary/aromatic N) is 2. The van der Waals surface area contributed by atoms with E-state index in [9.17, 15) is 9.59 Å². The summed E-state index contributed by atoms with van der Waals surface area (Å²) in [6.45, 7) is 1.95. The first-order chi connectivity index (χ1) is 16.1. The van der Waals surface area contributed by atoms with Gasteiger partial charge in [-0.3, -0.25) is 14.4 Å². The van der Waals surface area contributed by atoms with Crippen molar-refractivity contribution >= 4 is 34.0 Å². The summed E-state index contributed by atoms with van der Waals surface area (Å²) < 4.78 is 0. The highest BCUT2D eigenvalue weighted by atomic mass is 16.7. The van der Waals surface area contributed by atoms with Gasteiger partial charge in [-0.15, -0.1) is 0 Å². The molecule has 4 aromatic carbocycles. The second-order valence-electron chi connectivity index (χ2n) is 8.58. The highest BCUT2D eigenvalue weighted by Gasteiger charge is 2.60. The average molecular weight is 434 g/mol. The Kier molecular flexibility index (Phi) is 4.52. The average Bonchev–Trinajstić information content (AvgIpc) is 3.35. The third kappa shape index (κ3) is 3.04. The number of hydroxylamine groups is 1. The summed E-state index contributed by atoms with van der Waals surface area (Å²) in [6.07, 6.45) is -0.873. The number of rotatable bonds is 3. The van der Waals surface area contributed by atoms with Crippen molar-refractivity contribution in [2.24, 2.45) is 5.92 Å². The highest BCUT2D eigenvalue weighted by Crippen LogP contribution is 2.48. The molecule has 2 aliphatic rings. The van der Waals surface area contributed by atoms with Gasteiger partial charge in [0.1, 0.15) is 5.92 Å². The molecule has 33 heavy (non-hydrogen) atoms. The fourth-order valence-electron chi connectivity index (χ4n) is 5.06. The lowest BCUT2D eigenvalue weighted by Crippen LogP contribution is -2.37. The van der Waals surface area contributed by atoms with Crippen molar-refractivity contribution in [3.8, 4) is 0 Å². The number of amides is 2. The van der Waals surface area contributed by atoms with Gasteiger partial charge in [0, 0.05) is 0 Å². The van der Waals surface area contributed by atoms with Gasteiger partial charge >= 0.3 is 0 Å². The van der Waals surface area contributed by atoms with Crippen LogP contribution in [0.3, 0.4) is 0 Å². The van der Waals surface area contributed by atoms with Gasteiger partial charge in [-0.25, -0.2) is 9.96 Å².